The third-order valence-corrected chi connectivity index (χ3v) is 3.91. The molecule has 0 saturated carbocycles. The Hall–Kier alpha value is -1.02. The Kier molecular flexibility index (Phi) is 5.86. The Morgan fingerprint density at radius 1 is 1.00 bits per heavy atom. The Morgan fingerprint density at radius 2 is 1.52 bits per heavy atom. The molecule has 0 spiro atoms. The molecule has 0 bridgehead atoms. The molecule has 1 aromatic rings. The van der Waals surface area contributed by atoms with Gasteiger partial charge in [-0.1, -0.05) is 26.0 Å². The minimum Gasteiger partial charge on any atom is -0.496 e. The molecule has 0 aliphatic heterocycles. The minimum atomic E-state index is 0.185. The van der Waals surface area contributed by atoms with Crippen LogP contribution in [0.1, 0.15) is 57.7 Å². The summed E-state index contributed by atoms with van der Waals surface area (Å²) in [5, 5.41) is 3.62. The molecule has 0 atom stereocenters. The van der Waals surface area contributed by atoms with E-state index in [-0.39, 0.29) is 5.54 Å². The molecule has 0 saturated heterocycles. The predicted molar refractivity (Wildman–Crippen MR) is 92.3 cm³/mol. The highest BCUT2D eigenvalue weighted by molar-refractivity contribution is 5.43. The molecule has 0 aliphatic rings. The number of ether oxygens (including phenoxy) is 1. The van der Waals surface area contributed by atoms with Crippen LogP contribution in [0.25, 0.3) is 0 Å². The van der Waals surface area contributed by atoms with Crippen molar-refractivity contribution in [3.05, 3.63) is 28.8 Å². The third-order valence-electron chi connectivity index (χ3n) is 3.91. The first-order chi connectivity index (χ1) is 9.54. The molecule has 1 aromatic carbocycles. The number of rotatable bonds is 6. The highest BCUT2D eigenvalue weighted by Gasteiger charge is 2.21. The van der Waals surface area contributed by atoms with Gasteiger partial charge in [-0.2, -0.15) is 0 Å². The standard InChI is InChI=1S/C19H33NO/c1-14-11-16(12-15(2)17(14)21-8)9-10-19(6,7)13-20-18(3,4)5/h11-12,20H,9-10,13H2,1-8H3. The van der Waals surface area contributed by atoms with Crippen LogP contribution in [0.15, 0.2) is 12.1 Å². The molecule has 0 unspecified atom stereocenters. The summed E-state index contributed by atoms with van der Waals surface area (Å²) in [5.74, 6) is 1.02. The van der Waals surface area contributed by atoms with Gasteiger partial charge in [0.25, 0.3) is 0 Å². The van der Waals surface area contributed by atoms with Crippen molar-refractivity contribution in [1.29, 1.82) is 0 Å². The number of methoxy groups -OCH3 is 1. The van der Waals surface area contributed by atoms with Gasteiger partial charge < -0.3 is 10.1 Å². The highest BCUT2D eigenvalue weighted by Crippen LogP contribution is 2.28. The van der Waals surface area contributed by atoms with Crippen molar-refractivity contribution in [1.82, 2.24) is 5.32 Å². The second-order valence-corrected chi connectivity index (χ2v) is 8.03. The van der Waals surface area contributed by atoms with Crippen LogP contribution >= 0.6 is 0 Å². The van der Waals surface area contributed by atoms with E-state index in [9.17, 15) is 0 Å². The van der Waals surface area contributed by atoms with Crippen LogP contribution in [-0.2, 0) is 6.42 Å². The zero-order valence-electron chi connectivity index (χ0n) is 15.2. The Balaban J connectivity index is 2.66. The average molecular weight is 291 g/mol. The molecule has 0 aliphatic carbocycles. The molecular formula is C19H33NO. The number of hydrogen-bond acceptors (Lipinski definition) is 2. The lowest BCUT2D eigenvalue weighted by Gasteiger charge is -2.30. The first-order valence-electron chi connectivity index (χ1n) is 7.93. The minimum absolute atomic E-state index is 0.185. The van der Waals surface area contributed by atoms with E-state index in [1.54, 1.807) is 7.11 Å². The summed E-state index contributed by atoms with van der Waals surface area (Å²) in [4.78, 5) is 0. The Bertz CT molecular complexity index is 446. The van der Waals surface area contributed by atoms with E-state index in [0.29, 0.717) is 5.41 Å². The van der Waals surface area contributed by atoms with Gasteiger partial charge in [0.2, 0.25) is 0 Å². The number of benzene rings is 1. The summed E-state index contributed by atoms with van der Waals surface area (Å²) in [5.41, 5.74) is 4.37. The number of nitrogens with one attached hydrogen (secondary N) is 1. The fraction of sp³-hybridized carbons (Fsp3) is 0.684. The van der Waals surface area contributed by atoms with Crippen molar-refractivity contribution in [2.45, 2.75) is 66.8 Å². The van der Waals surface area contributed by atoms with Crippen molar-refractivity contribution in [3.63, 3.8) is 0 Å². The van der Waals surface area contributed by atoms with E-state index >= 15 is 0 Å². The number of aryl methyl sites for hydroxylation is 3. The molecule has 1 N–H and O–H groups in total. The normalized spacial score (nSPS) is 12.6. The molecule has 0 heterocycles. The largest absolute Gasteiger partial charge is 0.496 e. The van der Waals surface area contributed by atoms with Gasteiger partial charge in [-0.3, -0.25) is 0 Å². The predicted octanol–water partition coefficient (Wildman–Crippen LogP) is 4.66. The van der Waals surface area contributed by atoms with Crippen molar-refractivity contribution in [2.75, 3.05) is 13.7 Å². The van der Waals surface area contributed by atoms with Gasteiger partial charge in [-0.25, -0.2) is 0 Å². The van der Waals surface area contributed by atoms with Gasteiger partial charge in [-0.05, 0) is 69.6 Å². The van der Waals surface area contributed by atoms with Gasteiger partial charge in [0.1, 0.15) is 5.75 Å². The van der Waals surface area contributed by atoms with Crippen LogP contribution in [0.2, 0.25) is 0 Å². The SMILES string of the molecule is COc1c(C)cc(CCC(C)(C)CNC(C)(C)C)cc1C. The summed E-state index contributed by atoms with van der Waals surface area (Å²) in [6.45, 7) is 16.6. The summed E-state index contributed by atoms with van der Waals surface area (Å²) in [6.07, 6.45) is 2.30. The van der Waals surface area contributed by atoms with Crippen molar-refractivity contribution in [2.24, 2.45) is 5.41 Å². The fourth-order valence-corrected chi connectivity index (χ4v) is 2.58. The molecule has 0 radical (unpaired) electrons. The maximum Gasteiger partial charge on any atom is 0.124 e. The topological polar surface area (TPSA) is 21.3 Å². The monoisotopic (exact) mass is 291 g/mol. The van der Waals surface area contributed by atoms with Crippen LogP contribution < -0.4 is 10.1 Å². The first-order valence-corrected chi connectivity index (χ1v) is 7.93. The van der Waals surface area contributed by atoms with E-state index in [1.807, 2.05) is 0 Å². The molecule has 2 heteroatoms. The van der Waals surface area contributed by atoms with Crippen molar-refractivity contribution in [3.8, 4) is 5.75 Å². The molecule has 2 nitrogen and oxygen atoms in total. The van der Waals surface area contributed by atoms with Gasteiger partial charge in [-0.15, -0.1) is 0 Å². The maximum absolute atomic E-state index is 5.44. The summed E-state index contributed by atoms with van der Waals surface area (Å²) >= 11 is 0. The van der Waals surface area contributed by atoms with E-state index in [1.165, 1.54) is 23.1 Å². The second kappa shape index (κ2) is 6.83. The number of hydrogen-bond donors (Lipinski definition) is 1. The van der Waals surface area contributed by atoms with E-state index in [0.717, 1.165) is 18.7 Å². The lowest BCUT2D eigenvalue weighted by molar-refractivity contribution is 0.273. The first kappa shape index (κ1) is 18.0. The molecule has 0 aromatic heterocycles. The molecule has 21 heavy (non-hydrogen) atoms. The zero-order chi connectivity index (χ0) is 16.3. The Labute approximate surface area is 131 Å². The smallest absolute Gasteiger partial charge is 0.124 e. The van der Waals surface area contributed by atoms with Gasteiger partial charge in [0.05, 0.1) is 7.11 Å². The second-order valence-electron chi connectivity index (χ2n) is 8.03. The van der Waals surface area contributed by atoms with Crippen LogP contribution in [-0.4, -0.2) is 19.2 Å². The summed E-state index contributed by atoms with van der Waals surface area (Å²) in [7, 11) is 1.75. The van der Waals surface area contributed by atoms with E-state index in [2.05, 4.69) is 65.9 Å². The van der Waals surface area contributed by atoms with E-state index in [4.69, 9.17) is 4.74 Å². The Morgan fingerprint density at radius 3 is 1.95 bits per heavy atom. The molecule has 120 valence electrons. The molecule has 0 amide bonds. The molecule has 1 rings (SSSR count). The zero-order valence-corrected chi connectivity index (χ0v) is 15.2. The molecule has 0 fully saturated rings. The summed E-state index contributed by atoms with van der Waals surface area (Å²) < 4.78 is 5.44. The lowest BCUT2D eigenvalue weighted by atomic mass is 9.85. The van der Waals surface area contributed by atoms with Gasteiger partial charge in [0.15, 0.2) is 0 Å². The third kappa shape index (κ3) is 6.09. The van der Waals surface area contributed by atoms with E-state index < -0.39 is 0 Å². The fourth-order valence-electron chi connectivity index (χ4n) is 2.58. The van der Waals surface area contributed by atoms with Crippen molar-refractivity contribution < 1.29 is 4.74 Å². The van der Waals surface area contributed by atoms with Crippen LogP contribution in [0.5, 0.6) is 5.75 Å². The molecular weight excluding hydrogens is 258 g/mol. The highest BCUT2D eigenvalue weighted by atomic mass is 16.5. The van der Waals surface area contributed by atoms with Crippen LogP contribution in [0.3, 0.4) is 0 Å². The maximum atomic E-state index is 5.44. The average Bonchev–Trinajstić information content (AvgIpc) is 2.33. The van der Waals surface area contributed by atoms with Gasteiger partial charge >= 0.3 is 0 Å². The van der Waals surface area contributed by atoms with Crippen molar-refractivity contribution >= 4 is 0 Å². The lowest BCUT2D eigenvalue weighted by Crippen LogP contribution is -2.42. The van der Waals surface area contributed by atoms with Gasteiger partial charge in [0, 0.05) is 12.1 Å². The van der Waals surface area contributed by atoms with Crippen LogP contribution in [0.4, 0.5) is 0 Å². The summed E-state index contributed by atoms with van der Waals surface area (Å²) in [6, 6.07) is 4.53. The van der Waals surface area contributed by atoms with Crippen LogP contribution in [0, 0.1) is 19.3 Å². The quantitative estimate of drug-likeness (QED) is 0.823.